The van der Waals surface area contributed by atoms with Crippen LogP contribution < -0.4 is 0 Å². The molecule has 0 radical (unpaired) electrons. The summed E-state index contributed by atoms with van der Waals surface area (Å²) in [5, 5.41) is 0. The van der Waals surface area contributed by atoms with Gasteiger partial charge in [-0.25, -0.2) is 0 Å². The zero-order chi connectivity index (χ0) is 18.1. The van der Waals surface area contributed by atoms with Crippen LogP contribution in [0.1, 0.15) is 43.2 Å². The Morgan fingerprint density at radius 1 is 0.875 bits per heavy atom. The van der Waals surface area contributed by atoms with Gasteiger partial charge in [-0.05, 0) is 49.7 Å². The van der Waals surface area contributed by atoms with Gasteiger partial charge in [-0.3, -0.25) is 0 Å². The lowest BCUT2D eigenvalue weighted by Crippen LogP contribution is -2.48. The highest BCUT2D eigenvalue weighted by Gasteiger charge is 2.45. The Morgan fingerprint density at radius 3 is 1.92 bits per heavy atom. The van der Waals surface area contributed by atoms with Crippen molar-refractivity contribution in [2.24, 2.45) is 0 Å². The third-order valence-corrected chi connectivity index (χ3v) is 5.32. The van der Waals surface area contributed by atoms with Crippen LogP contribution in [-0.4, -0.2) is 41.1 Å². The van der Waals surface area contributed by atoms with Crippen molar-refractivity contribution in [3.05, 3.63) is 35.4 Å². The summed E-state index contributed by atoms with van der Waals surface area (Å²) in [6.45, 7) is 0. The first-order valence-electron chi connectivity index (χ1n) is 8.02. The van der Waals surface area contributed by atoms with Gasteiger partial charge >= 0.3 is 9.05 Å². The maximum atomic E-state index is 9.62. The minimum absolute atomic E-state index is 0.409. The number of halogens is 3. The third kappa shape index (κ3) is 7.18. The van der Waals surface area contributed by atoms with E-state index in [1.54, 1.807) is 0 Å². The summed E-state index contributed by atoms with van der Waals surface area (Å²) >= 11 is 17.5. The molecule has 0 heterocycles. The molecule has 0 aromatic heterocycles. The highest BCUT2D eigenvalue weighted by Crippen LogP contribution is 2.39. The van der Waals surface area contributed by atoms with E-state index in [4.69, 9.17) is 39.2 Å². The number of hydrogen-bond acceptors (Lipinski definition) is 4. The monoisotopic (exact) mass is 414 g/mol. The second-order valence-corrected chi connectivity index (χ2v) is 8.19. The molecule has 4 nitrogen and oxygen atoms in total. The van der Waals surface area contributed by atoms with E-state index in [1.165, 1.54) is 0 Å². The van der Waals surface area contributed by atoms with Gasteiger partial charge in [0.15, 0.2) is 0 Å². The molecule has 0 aliphatic carbocycles. The van der Waals surface area contributed by atoms with Crippen molar-refractivity contribution < 1.29 is 18.8 Å². The fourth-order valence-corrected chi connectivity index (χ4v) is 4.20. The predicted molar refractivity (Wildman–Crippen MR) is 101 cm³/mol. The molecule has 0 spiro atoms. The summed E-state index contributed by atoms with van der Waals surface area (Å²) in [4.78, 5) is 28.9. The van der Waals surface area contributed by atoms with Crippen molar-refractivity contribution in [3.63, 3.8) is 0 Å². The number of aryl methyl sites for hydroxylation is 1. The van der Waals surface area contributed by atoms with Gasteiger partial charge in [-0.1, -0.05) is 24.3 Å². The number of hydrogen-bond donors (Lipinski definition) is 3. The highest BCUT2D eigenvalue weighted by molar-refractivity contribution is 6.48. The second-order valence-electron chi connectivity index (χ2n) is 5.70. The van der Waals surface area contributed by atoms with Gasteiger partial charge in [-0.2, -0.15) is 0 Å². The molecule has 8 heteroatoms. The zero-order valence-corrected chi connectivity index (χ0v) is 16.8. The van der Waals surface area contributed by atoms with E-state index in [1.807, 2.05) is 24.3 Å². The molecule has 0 saturated carbocycles. The van der Waals surface area contributed by atoms with E-state index in [0.29, 0.717) is 43.3 Å². The smallest absolute Gasteiger partial charge is 0.368 e. The van der Waals surface area contributed by atoms with E-state index < -0.39 is 14.6 Å². The van der Waals surface area contributed by atoms with Crippen molar-refractivity contribution in [1.29, 1.82) is 0 Å². The lowest BCUT2D eigenvalue weighted by atomic mass is 9.82. The van der Waals surface area contributed by atoms with Crippen LogP contribution in [-0.2, 0) is 16.4 Å². The van der Waals surface area contributed by atoms with Gasteiger partial charge in [0.25, 0.3) is 0 Å². The van der Waals surface area contributed by atoms with Crippen LogP contribution in [0.15, 0.2) is 24.3 Å². The molecule has 0 aliphatic heterocycles. The molecule has 1 aromatic rings. The Hall–Kier alpha value is 0.147. The van der Waals surface area contributed by atoms with Gasteiger partial charge in [0.1, 0.15) is 0 Å². The average molecular weight is 416 g/mol. The Labute approximate surface area is 159 Å². The molecule has 0 amide bonds. The van der Waals surface area contributed by atoms with Crippen molar-refractivity contribution >= 4 is 43.9 Å². The van der Waals surface area contributed by atoms with Crippen molar-refractivity contribution in [2.75, 3.05) is 17.6 Å². The normalized spacial score (nSPS) is 12.6. The summed E-state index contributed by atoms with van der Waals surface area (Å²) in [6, 6.07) is 7.65. The number of alkyl halides is 3. The van der Waals surface area contributed by atoms with Crippen LogP contribution in [0.3, 0.4) is 0 Å². The van der Waals surface area contributed by atoms with E-state index in [-0.39, 0.29) is 0 Å². The van der Waals surface area contributed by atoms with Crippen LogP contribution in [0.5, 0.6) is 0 Å². The summed E-state index contributed by atoms with van der Waals surface area (Å²) < 4.78 is 5.49. The van der Waals surface area contributed by atoms with Crippen LogP contribution in [0.2, 0.25) is 0 Å². The molecule has 1 rings (SSSR count). The van der Waals surface area contributed by atoms with E-state index in [9.17, 15) is 14.4 Å². The summed E-state index contributed by atoms with van der Waals surface area (Å²) in [7, 11) is -4.74. The summed E-state index contributed by atoms with van der Waals surface area (Å²) in [6.07, 6.45) is 3.67. The molecule has 0 atom stereocenters. The predicted octanol–water partition coefficient (Wildman–Crippen LogP) is 3.52. The fraction of sp³-hybridized carbons (Fsp3) is 0.625. The lowest BCUT2D eigenvalue weighted by molar-refractivity contribution is -0.0579. The molecule has 3 N–H and O–H groups in total. The van der Waals surface area contributed by atoms with Gasteiger partial charge in [0.2, 0.25) is 0 Å². The summed E-state index contributed by atoms with van der Waals surface area (Å²) in [5.74, 6) is 1.35. The molecule has 0 aliphatic rings. The molecule has 0 saturated heterocycles. The molecule has 0 bridgehead atoms. The number of benzene rings is 1. The van der Waals surface area contributed by atoms with Crippen LogP contribution in [0.25, 0.3) is 0 Å². The van der Waals surface area contributed by atoms with Gasteiger partial charge in [-0.15, -0.1) is 34.8 Å². The zero-order valence-electron chi connectivity index (χ0n) is 13.6. The van der Waals surface area contributed by atoms with E-state index >= 15 is 0 Å². The van der Waals surface area contributed by atoms with Crippen molar-refractivity contribution in [1.82, 2.24) is 0 Å². The Balaban J connectivity index is 3.31. The lowest BCUT2D eigenvalue weighted by Gasteiger charge is -2.38. The number of rotatable bonds is 12. The molecule has 138 valence electrons. The largest absolute Gasteiger partial charge is 0.672 e. The van der Waals surface area contributed by atoms with Gasteiger partial charge in [0.05, 0.1) is 5.60 Å². The average Bonchev–Trinajstić information content (AvgIpc) is 2.54. The Morgan fingerprint density at radius 2 is 1.42 bits per heavy atom. The quantitative estimate of drug-likeness (QED) is 0.361. The first-order chi connectivity index (χ1) is 11.4. The summed E-state index contributed by atoms with van der Waals surface area (Å²) in [5.41, 5.74) is 0.817. The standard InChI is InChI=1S/C16H25Cl3O4Si/c17-11-3-7-14-6-1-2-8-15(14)16(9-4-12-18,10-5-13-19)23-24(20,21)22/h1-2,6,8,20-22H,3-5,7,9-13H2. The molecular formula is C16H25Cl3O4Si. The highest BCUT2D eigenvalue weighted by atomic mass is 35.5. The van der Waals surface area contributed by atoms with Crippen molar-refractivity contribution in [3.8, 4) is 0 Å². The molecule has 0 fully saturated rings. The van der Waals surface area contributed by atoms with E-state index in [0.717, 1.165) is 24.0 Å². The van der Waals surface area contributed by atoms with Crippen molar-refractivity contribution in [2.45, 2.75) is 44.1 Å². The first kappa shape index (κ1) is 22.2. The fourth-order valence-electron chi connectivity index (χ4n) is 2.96. The topological polar surface area (TPSA) is 69.9 Å². The SMILES string of the molecule is O[Si](O)(O)OC(CCCCl)(CCCCl)c1ccccc1CCCCl. The van der Waals surface area contributed by atoms with Gasteiger partial charge in [0, 0.05) is 17.6 Å². The Bertz CT molecular complexity index is 475. The molecule has 24 heavy (non-hydrogen) atoms. The van der Waals surface area contributed by atoms with Crippen LogP contribution in [0, 0.1) is 0 Å². The Kier molecular flexibility index (Phi) is 10.2. The van der Waals surface area contributed by atoms with Crippen LogP contribution >= 0.6 is 34.8 Å². The minimum atomic E-state index is -4.74. The molecule has 1 aromatic carbocycles. The van der Waals surface area contributed by atoms with E-state index in [2.05, 4.69) is 0 Å². The van der Waals surface area contributed by atoms with Crippen LogP contribution in [0.4, 0.5) is 0 Å². The maximum absolute atomic E-state index is 9.62. The molecular weight excluding hydrogens is 391 g/mol. The third-order valence-electron chi connectivity index (χ3n) is 3.85. The second kappa shape index (κ2) is 11.0. The molecule has 0 unspecified atom stereocenters. The van der Waals surface area contributed by atoms with Gasteiger partial charge < -0.3 is 18.8 Å². The maximum Gasteiger partial charge on any atom is 0.672 e. The first-order valence-corrected chi connectivity index (χ1v) is 11.4. The minimum Gasteiger partial charge on any atom is -0.368 e.